The first-order valence-electron chi connectivity index (χ1n) is 11.3. The van der Waals surface area contributed by atoms with Crippen molar-refractivity contribution in [3.63, 3.8) is 0 Å². The molecule has 2 aromatic rings. The van der Waals surface area contributed by atoms with Gasteiger partial charge in [-0.05, 0) is 19.1 Å². The van der Waals surface area contributed by atoms with E-state index in [2.05, 4.69) is 20.4 Å². The second kappa shape index (κ2) is 10.4. The van der Waals surface area contributed by atoms with E-state index in [-0.39, 0.29) is 34.7 Å². The van der Waals surface area contributed by atoms with Gasteiger partial charge in [0.25, 0.3) is 17.7 Å². The topological polar surface area (TPSA) is 130 Å². The molecular weight excluding hydrogens is 466 g/mol. The summed E-state index contributed by atoms with van der Waals surface area (Å²) in [5.41, 5.74) is 3.97. The number of carbonyl (C=O) groups excluding carboxylic acids is 3. The highest BCUT2D eigenvalue weighted by molar-refractivity contribution is 5.95. The highest BCUT2D eigenvalue weighted by Crippen LogP contribution is 2.29. The molecule has 1 N–H and O–H groups in total. The Hall–Kier alpha value is -4.48. The Morgan fingerprint density at radius 1 is 1.14 bits per heavy atom. The maximum atomic E-state index is 13.0. The Labute approximate surface area is 208 Å². The van der Waals surface area contributed by atoms with Gasteiger partial charge in [-0.3, -0.25) is 29.8 Å². The predicted molar refractivity (Wildman–Crippen MR) is 130 cm³/mol. The van der Waals surface area contributed by atoms with Crippen LogP contribution in [0.5, 0.6) is 17.4 Å². The van der Waals surface area contributed by atoms with Gasteiger partial charge in [0.15, 0.2) is 6.10 Å². The van der Waals surface area contributed by atoms with Crippen LogP contribution < -0.4 is 14.9 Å². The maximum absolute atomic E-state index is 13.0. The van der Waals surface area contributed by atoms with E-state index in [1.54, 1.807) is 55.6 Å². The van der Waals surface area contributed by atoms with E-state index >= 15 is 0 Å². The van der Waals surface area contributed by atoms with Gasteiger partial charge in [0.2, 0.25) is 5.88 Å². The molecule has 12 heteroatoms. The third kappa shape index (κ3) is 5.77. The molecule has 3 amide bonds. The first kappa shape index (κ1) is 24.6. The van der Waals surface area contributed by atoms with Crippen LogP contribution in [-0.2, 0) is 4.79 Å². The minimum atomic E-state index is -0.652. The van der Waals surface area contributed by atoms with Crippen molar-refractivity contribution in [3.05, 3.63) is 53.7 Å². The third-order valence-corrected chi connectivity index (χ3v) is 5.44. The number of nitrogens with zero attached hydrogens (tertiary/aromatic N) is 6. The van der Waals surface area contributed by atoms with Crippen molar-refractivity contribution in [2.24, 2.45) is 4.99 Å². The number of hydrogen-bond donors (Lipinski definition) is 1. The van der Waals surface area contributed by atoms with Crippen molar-refractivity contribution in [1.82, 2.24) is 30.2 Å². The molecule has 1 fully saturated rings. The van der Waals surface area contributed by atoms with Gasteiger partial charge in [-0.25, -0.2) is 9.97 Å². The lowest BCUT2D eigenvalue weighted by Crippen LogP contribution is -2.40. The summed E-state index contributed by atoms with van der Waals surface area (Å²) in [4.78, 5) is 52.8. The normalized spacial score (nSPS) is 17.1. The van der Waals surface area contributed by atoms with Gasteiger partial charge in [-0.15, -0.1) is 0 Å². The largest absolute Gasteiger partial charge is 0.480 e. The SMILES string of the molecule is CC1=CN(NC(=O)c2cc(Oc3cnc(C(=O)N(C)C)cn3)cc(O[C@H]3CCN(C)C3=O)c2)CC=N1. The van der Waals surface area contributed by atoms with Crippen LogP contribution in [0.15, 0.2) is 47.5 Å². The summed E-state index contributed by atoms with van der Waals surface area (Å²) in [5, 5.41) is 1.61. The van der Waals surface area contributed by atoms with E-state index in [0.717, 1.165) is 5.70 Å². The van der Waals surface area contributed by atoms with Crippen LogP contribution in [0.4, 0.5) is 0 Å². The number of aromatic nitrogens is 2. The number of aliphatic imine (C=N–C) groups is 1. The minimum Gasteiger partial charge on any atom is -0.480 e. The molecule has 0 unspecified atom stereocenters. The van der Waals surface area contributed by atoms with Crippen LogP contribution in [-0.4, -0.2) is 89.0 Å². The molecule has 1 aromatic heterocycles. The molecule has 4 rings (SSSR count). The van der Waals surface area contributed by atoms with Crippen LogP contribution in [0.3, 0.4) is 0 Å². The maximum Gasteiger partial charge on any atom is 0.273 e. The monoisotopic (exact) mass is 493 g/mol. The molecule has 0 saturated carbocycles. The highest BCUT2D eigenvalue weighted by Gasteiger charge is 2.31. The smallest absolute Gasteiger partial charge is 0.273 e. The zero-order valence-electron chi connectivity index (χ0n) is 20.5. The summed E-state index contributed by atoms with van der Waals surface area (Å²) in [7, 11) is 4.95. The molecule has 2 aliphatic heterocycles. The summed E-state index contributed by atoms with van der Waals surface area (Å²) in [5.74, 6) is -0.155. The number of hydrogen-bond acceptors (Lipinski definition) is 9. The Morgan fingerprint density at radius 3 is 2.56 bits per heavy atom. The lowest BCUT2D eigenvalue weighted by Gasteiger charge is -2.22. The standard InChI is InChI=1S/C24H27N7O5/c1-15-14-31(8-6-25-15)28-22(32)16-9-17(35-20-5-7-30(4)24(20)34)11-18(10-16)36-21-13-26-19(12-27-21)23(33)29(2)3/h6,9-14,20H,5,7-8H2,1-4H3,(H,28,32)/t20-/m0/s1. The summed E-state index contributed by atoms with van der Waals surface area (Å²) < 4.78 is 11.8. The Morgan fingerprint density at radius 2 is 1.92 bits per heavy atom. The fourth-order valence-corrected chi connectivity index (χ4v) is 3.58. The van der Waals surface area contributed by atoms with Crippen molar-refractivity contribution < 1.29 is 23.9 Å². The highest BCUT2D eigenvalue weighted by atomic mass is 16.5. The number of rotatable bonds is 7. The average Bonchev–Trinajstić information content (AvgIpc) is 3.16. The number of carbonyl (C=O) groups is 3. The fourth-order valence-electron chi connectivity index (χ4n) is 3.58. The molecule has 0 bridgehead atoms. The Kier molecular flexibility index (Phi) is 7.13. The second-order valence-corrected chi connectivity index (χ2v) is 8.57. The Balaban J connectivity index is 1.57. The van der Waals surface area contributed by atoms with E-state index in [1.807, 2.05) is 6.92 Å². The van der Waals surface area contributed by atoms with Gasteiger partial charge in [0, 0.05) is 58.2 Å². The molecule has 0 aliphatic carbocycles. The van der Waals surface area contributed by atoms with E-state index in [4.69, 9.17) is 9.47 Å². The number of amides is 3. The van der Waals surface area contributed by atoms with Crippen LogP contribution in [0, 0.1) is 0 Å². The van der Waals surface area contributed by atoms with Crippen molar-refractivity contribution >= 4 is 23.9 Å². The number of benzene rings is 1. The number of hydrazine groups is 1. The fraction of sp³-hybridized carbons (Fsp3) is 0.333. The van der Waals surface area contributed by atoms with Crippen LogP contribution >= 0.6 is 0 Å². The first-order valence-corrected chi connectivity index (χ1v) is 11.3. The number of likely N-dealkylation sites (tertiary alicyclic amines) is 1. The lowest BCUT2D eigenvalue weighted by atomic mass is 10.2. The summed E-state index contributed by atoms with van der Waals surface area (Å²) in [6.45, 7) is 2.82. The number of likely N-dealkylation sites (N-methyl/N-ethyl adjacent to an activating group) is 1. The molecule has 1 aromatic carbocycles. The molecule has 1 atom stereocenters. The summed E-state index contributed by atoms with van der Waals surface area (Å²) in [6, 6.07) is 4.65. The molecule has 1 saturated heterocycles. The molecule has 188 valence electrons. The molecule has 0 radical (unpaired) electrons. The van der Waals surface area contributed by atoms with E-state index in [0.29, 0.717) is 25.3 Å². The lowest BCUT2D eigenvalue weighted by molar-refractivity contribution is -0.132. The molecular formula is C24H27N7O5. The van der Waals surface area contributed by atoms with Gasteiger partial charge in [0.05, 0.1) is 24.6 Å². The molecule has 2 aliphatic rings. The van der Waals surface area contributed by atoms with Gasteiger partial charge in [0.1, 0.15) is 17.2 Å². The van der Waals surface area contributed by atoms with Crippen molar-refractivity contribution in [2.45, 2.75) is 19.4 Å². The summed E-state index contributed by atoms with van der Waals surface area (Å²) >= 11 is 0. The van der Waals surface area contributed by atoms with Crippen LogP contribution in [0.2, 0.25) is 0 Å². The number of nitrogens with one attached hydrogen (secondary N) is 1. The van der Waals surface area contributed by atoms with Crippen LogP contribution in [0.1, 0.15) is 34.2 Å². The second-order valence-electron chi connectivity index (χ2n) is 8.57. The summed E-state index contributed by atoms with van der Waals surface area (Å²) in [6.07, 6.45) is 5.92. The van der Waals surface area contributed by atoms with E-state index < -0.39 is 12.0 Å². The number of ether oxygens (including phenoxy) is 2. The average molecular weight is 494 g/mol. The van der Waals surface area contributed by atoms with Crippen molar-refractivity contribution in [1.29, 1.82) is 0 Å². The zero-order chi connectivity index (χ0) is 25.8. The minimum absolute atomic E-state index is 0.122. The molecule has 36 heavy (non-hydrogen) atoms. The quantitative estimate of drug-likeness (QED) is 0.614. The van der Waals surface area contributed by atoms with Gasteiger partial charge < -0.3 is 19.3 Å². The number of allylic oxidation sites excluding steroid dienone is 1. The zero-order valence-corrected chi connectivity index (χ0v) is 20.5. The van der Waals surface area contributed by atoms with Crippen molar-refractivity contribution in [2.75, 3.05) is 34.2 Å². The van der Waals surface area contributed by atoms with E-state index in [1.165, 1.54) is 23.4 Å². The van der Waals surface area contributed by atoms with Gasteiger partial charge in [-0.2, -0.15) is 0 Å². The predicted octanol–water partition coefficient (Wildman–Crippen LogP) is 1.47. The van der Waals surface area contributed by atoms with Crippen molar-refractivity contribution in [3.8, 4) is 17.4 Å². The Bertz CT molecular complexity index is 1230. The van der Waals surface area contributed by atoms with Gasteiger partial charge in [-0.1, -0.05) is 0 Å². The van der Waals surface area contributed by atoms with Crippen LogP contribution in [0.25, 0.3) is 0 Å². The van der Waals surface area contributed by atoms with Gasteiger partial charge >= 0.3 is 0 Å². The molecule has 3 heterocycles. The molecule has 12 nitrogen and oxygen atoms in total. The molecule has 0 spiro atoms. The third-order valence-electron chi connectivity index (χ3n) is 5.44. The first-order chi connectivity index (χ1) is 17.2. The van der Waals surface area contributed by atoms with E-state index in [9.17, 15) is 14.4 Å².